The predicted molar refractivity (Wildman–Crippen MR) is 88.8 cm³/mol. The number of esters is 1. The molecule has 1 aliphatic rings. The summed E-state index contributed by atoms with van der Waals surface area (Å²) in [6, 6.07) is 4.35. The van der Waals surface area contributed by atoms with Crippen molar-refractivity contribution in [3.8, 4) is 0 Å². The minimum atomic E-state index is -0.419. The summed E-state index contributed by atoms with van der Waals surface area (Å²) >= 11 is 0. The Morgan fingerprint density at radius 2 is 1.91 bits per heavy atom. The van der Waals surface area contributed by atoms with E-state index in [9.17, 15) is 4.79 Å². The number of likely N-dealkylation sites (tertiary alicyclic amines) is 1. The van der Waals surface area contributed by atoms with E-state index in [1.54, 1.807) is 0 Å². The summed E-state index contributed by atoms with van der Waals surface area (Å²) in [5.74, 6) is -0.0707. The van der Waals surface area contributed by atoms with Gasteiger partial charge in [0.05, 0.1) is 0 Å². The number of hydrogen-bond donors (Lipinski definition) is 0. The Kier molecular flexibility index (Phi) is 5.68. The van der Waals surface area contributed by atoms with Crippen molar-refractivity contribution in [1.82, 2.24) is 9.47 Å². The monoisotopic (exact) mass is 306 g/mol. The van der Waals surface area contributed by atoms with Crippen LogP contribution in [0.25, 0.3) is 0 Å². The lowest BCUT2D eigenvalue weighted by atomic mass is 10.1. The van der Waals surface area contributed by atoms with Crippen molar-refractivity contribution in [2.24, 2.45) is 0 Å². The average molecular weight is 306 g/mol. The van der Waals surface area contributed by atoms with Gasteiger partial charge in [0.15, 0.2) is 0 Å². The van der Waals surface area contributed by atoms with Gasteiger partial charge in [0.25, 0.3) is 0 Å². The maximum atomic E-state index is 12.5. The van der Waals surface area contributed by atoms with Crippen LogP contribution in [0.1, 0.15) is 59.4 Å². The quantitative estimate of drug-likeness (QED) is 0.594. The molecule has 0 spiro atoms. The second-order valence-electron chi connectivity index (χ2n) is 7.27. The van der Waals surface area contributed by atoms with Crippen LogP contribution in [-0.4, -0.2) is 40.2 Å². The minimum Gasteiger partial charge on any atom is -0.459 e. The van der Waals surface area contributed by atoms with Crippen molar-refractivity contribution in [2.75, 3.05) is 13.1 Å². The molecule has 2 heterocycles. The molecule has 0 N–H and O–H groups in total. The van der Waals surface area contributed by atoms with Crippen LogP contribution in [0.3, 0.4) is 0 Å². The number of hydrogen-bond acceptors (Lipinski definition) is 3. The molecule has 0 radical (unpaired) electrons. The number of nitrogens with zero attached hydrogens (tertiary/aromatic N) is 2. The van der Waals surface area contributed by atoms with Crippen LogP contribution in [0, 0.1) is 0 Å². The Morgan fingerprint density at radius 3 is 2.50 bits per heavy atom. The molecule has 1 aliphatic heterocycles. The molecule has 1 aromatic rings. The van der Waals surface area contributed by atoms with Gasteiger partial charge in [-0.25, -0.2) is 0 Å². The molecule has 22 heavy (non-hydrogen) atoms. The van der Waals surface area contributed by atoms with Gasteiger partial charge >= 0.3 is 5.97 Å². The standard InChI is InChI=1S/C18H30N2O2/c1-5-6-7-12-20-14-15(19-10-8-9-11-19)13-16(20)17(21)22-18(2,3)4/h8-11,15-16H,5-7,12-14H2,1-4H3. The van der Waals surface area contributed by atoms with E-state index in [-0.39, 0.29) is 12.0 Å². The van der Waals surface area contributed by atoms with Crippen molar-refractivity contribution in [3.05, 3.63) is 24.5 Å². The Balaban J connectivity index is 2.04. The van der Waals surface area contributed by atoms with Gasteiger partial charge in [-0.1, -0.05) is 19.8 Å². The van der Waals surface area contributed by atoms with Crippen LogP contribution in [0.2, 0.25) is 0 Å². The summed E-state index contributed by atoms with van der Waals surface area (Å²) in [4.78, 5) is 14.9. The molecule has 2 rings (SSSR count). The molecule has 1 saturated heterocycles. The van der Waals surface area contributed by atoms with Crippen LogP contribution in [0.5, 0.6) is 0 Å². The van der Waals surface area contributed by atoms with E-state index in [1.807, 2.05) is 32.9 Å². The highest BCUT2D eigenvalue weighted by Gasteiger charge is 2.39. The second-order valence-corrected chi connectivity index (χ2v) is 7.27. The minimum absolute atomic E-state index is 0.0707. The zero-order valence-corrected chi connectivity index (χ0v) is 14.4. The van der Waals surface area contributed by atoms with Crippen molar-refractivity contribution < 1.29 is 9.53 Å². The molecule has 1 aromatic heterocycles. The number of aromatic nitrogens is 1. The summed E-state index contributed by atoms with van der Waals surface area (Å²) in [5, 5.41) is 0. The van der Waals surface area contributed by atoms with Gasteiger partial charge in [0.2, 0.25) is 0 Å². The molecule has 0 amide bonds. The van der Waals surface area contributed by atoms with Crippen molar-refractivity contribution >= 4 is 5.97 Å². The van der Waals surface area contributed by atoms with Gasteiger partial charge in [0.1, 0.15) is 11.6 Å². The van der Waals surface area contributed by atoms with Crippen molar-refractivity contribution in [2.45, 2.75) is 71.1 Å². The van der Waals surface area contributed by atoms with Crippen LogP contribution >= 0.6 is 0 Å². The first-order chi connectivity index (χ1) is 10.4. The fourth-order valence-corrected chi connectivity index (χ4v) is 3.11. The smallest absolute Gasteiger partial charge is 0.323 e. The molecule has 2 atom stereocenters. The third-order valence-electron chi connectivity index (χ3n) is 4.16. The van der Waals surface area contributed by atoms with Crippen LogP contribution in [0.15, 0.2) is 24.5 Å². The summed E-state index contributed by atoms with van der Waals surface area (Å²) in [5.41, 5.74) is -0.419. The van der Waals surface area contributed by atoms with Gasteiger partial charge in [-0.2, -0.15) is 0 Å². The largest absolute Gasteiger partial charge is 0.459 e. The molecular formula is C18H30N2O2. The zero-order chi connectivity index (χ0) is 16.2. The summed E-state index contributed by atoms with van der Waals surface area (Å²) in [7, 11) is 0. The molecule has 2 unspecified atom stereocenters. The Bertz CT molecular complexity index is 462. The zero-order valence-electron chi connectivity index (χ0n) is 14.4. The number of unbranched alkanes of at least 4 members (excludes halogenated alkanes) is 2. The fourth-order valence-electron chi connectivity index (χ4n) is 3.11. The van der Waals surface area contributed by atoms with Crippen LogP contribution < -0.4 is 0 Å². The van der Waals surface area contributed by atoms with E-state index in [1.165, 1.54) is 12.8 Å². The van der Waals surface area contributed by atoms with Crippen molar-refractivity contribution in [1.29, 1.82) is 0 Å². The third kappa shape index (κ3) is 4.60. The van der Waals surface area contributed by atoms with Gasteiger partial charge < -0.3 is 9.30 Å². The normalized spacial score (nSPS) is 22.9. The molecular weight excluding hydrogens is 276 g/mol. The lowest BCUT2D eigenvalue weighted by Crippen LogP contribution is -2.40. The third-order valence-corrected chi connectivity index (χ3v) is 4.16. The molecule has 4 heteroatoms. The van der Waals surface area contributed by atoms with E-state index in [0.29, 0.717) is 6.04 Å². The van der Waals surface area contributed by atoms with Gasteiger partial charge in [-0.15, -0.1) is 0 Å². The Labute approximate surface area is 134 Å². The molecule has 124 valence electrons. The van der Waals surface area contributed by atoms with Gasteiger partial charge in [0, 0.05) is 25.0 Å². The predicted octanol–water partition coefficient (Wildman–Crippen LogP) is 3.64. The number of carbonyl (C=O) groups is 1. The molecule has 1 fully saturated rings. The molecule has 0 aromatic carbocycles. The van der Waals surface area contributed by atoms with Gasteiger partial charge in [-0.3, -0.25) is 9.69 Å². The highest BCUT2D eigenvalue weighted by atomic mass is 16.6. The first kappa shape index (κ1) is 17.1. The lowest BCUT2D eigenvalue weighted by Gasteiger charge is -2.27. The maximum absolute atomic E-state index is 12.5. The van der Waals surface area contributed by atoms with E-state index >= 15 is 0 Å². The first-order valence-electron chi connectivity index (χ1n) is 8.50. The van der Waals surface area contributed by atoms with E-state index in [0.717, 1.165) is 25.9 Å². The molecule has 0 saturated carbocycles. The SMILES string of the molecule is CCCCCN1CC(n2cccc2)CC1C(=O)OC(C)(C)C. The second kappa shape index (κ2) is 7.32. The average Bonchev–Trinajstić information content (AvgIpc) is 3.05. The summed E-state index contributed by atoms with van der Waals surface area (Å²) in [6.45, 7) is 9.93. The highest BCUT2D eigenvalue weighted by molar-refractivity contribution is 5.76. The molecule has 0 bridgehead atoms. The van der Waals surface area contributed by atoms with Crippen LogP contribution in [-0.2, 0) is 9.53 Å². The first-order valence-corrected chi connectivity index (χ1v) is 8.50. The fraction of sp³-hybridized carbons (Fsp3) is 0.722. The van der Waals surface area contributed by atoms with E-state index in [4.69, 9.17) is 4.74 Å². The molecule has 0 aliphatic carbocycles. The van der Waals surface area contributed by atoms with Crippen LogP contribution in [0.4, 0.5) is 0 Å². The lowest BCUT2D eigenvalue weighted by molar-refractivity contribution is -0.160. The van der Waals surface area contributed by atoms with E-state index < -0.39 is 5.60 Å². The highest BCUT2D eigenvalue weighted by Crippen LogP contribution is 2.29. The maximum Gasteiger partial charge on any atom is 0.323 e. The number of carbonyl (C=O) groups excluding carboxylic acids is 1. The summed E-state index contributed by atoms with van der Waals surface area (Å²) < 4.78 is 7.85. The topological polar surface area (TPSA) is 34.5 Å². The van der Waals surface area contributed by atoms with Crippen molar-refractivity contribution in [3.63, 3.8) is 0 Å². The Hall–Kier alpha value is -1.29. The molecule has 4 nitrogen and oxygen atoms in total. The number of ether oxygens (including phenoxy) is 1. The van der Waals surface area contributed by atoms with Gasteiger partial charge in [-0.05, 0) is 52.3 Å². The number of rotatable bonds is 6. The van der Waals surface area contributed by atoms with E-state index in [2.05, 4.69) is 28.8 Å². The Morgan fingerprint density at radius 1 is 1.23 bits per heavy atom. The summed E-state index contributed by atoms with van der Waals surface area (Å²) in [6.07, 6.45) is 8.58.